The lowest BCUT2D eigenvalue weighted by Gasteiger charge is -2.24. The van der Waals surface area contributed by atoms with Gasteiger partial charge in [-0.25, -0.2) is 0 Å². The lowest BCUT2D eigenvalue weighted by molar-refractivity contribution is 0.590. The van der Waals surface area contributed by atoms with Crippen LogP contribution in [0.1, 0.15) is 130 Å². The van der Waals surface area contributed by atoms with Crippen LogP contribution in [0.2, 0.25) is 0 Å². The Labute approximate surface area is 435 Å². The third-order valence-corrected chi connectivity index (χ3v) is 16.0. The molecule has 0 N–H and O–H groups in total. The summed E-state index contributed by atoms with van der Waals surface area (Å²) in [6.45, 7) is 32.4. The highest BCUT2D eigenvalue weighted by Gasteiger charge is 2.37. The zero-order chi connectivity index (χ0) is 51.6. The van der Waals surface area contributed by atoms with Crippen molar-refractivity contribution in [2.75, 3.05) is 0 Å². The average molecular weight is 953 g/mol. The van der Waals surface area contributed by atoms with Crippen molar-refractivity contribution >= 4 is 21.8 Å². The molecule has 0 fully saturated rings. The van der Waals surface area contributed by atoms with Crippen LogP contribution in [0.3, 0.4) is 0 Å². The van der Waals surface area contributed by atoms with Gasteiger partial charge in [0.05, 0.1) is 22.4 Å². The second-order valence-electron chi connectivity index (χ2n) is 25.5. The number of hydrogen-bond donors (Lipinski definition) is 0. The Bertz CT molecular complexity index is 3480. The van der Waals surface area contributed by atoms with Crippen LogP contribution in [0.15, 0.2) is 182 Å². The van der Waals surface area contributed by atoms with Gasteiger partial charge < -0.3 is 9.13 Å². The van der Waals surface area contributed by atoms with E-state index in [1.165, 1.54) is 122 Å². The second-order valence-corrected chi connectivity index (χ2v) is 25.5. The largest absolute Gasteiger partial charge is 0.309 e. The van der Waals surface area contributed by atoms with E-state index in [0.29, 0.717) is 0 Å². The van der Waals surface area contributed by atoms with Gasteiger partial charge in [-0.1, -0.05) is 243 Å². The summed E-state index contributed by atoms with van der Waals surface area (Å²) in [5.41, 5.74) is 25.1. The normalized spacial score (nSPS) is 13.7. The van der Waals surface area contributed by atoms with Crippen LogP contribution in [0.25, 0.3) is 89.1 Å². The molecule has 0 saturated heterocycles. The molecule has 1 aliphatic rings. The number of rotatable bonds is 6. The molecule has 2 aromatic heterocycles. The zero-order valence-corrected chi connectivity index (χ0v) is 45.7. The molecule has 0 aliphatic heterocycles. The van der Waals surface area contributed by atoms with Crippen LogP contribution in [-0.4, -0.2) is 9.13 Å². The fraction of sp³-hybridized carbons (Fsp3) is 0.268. The molecule has 0 radical (unpaired) electrons. The highest BCUT2D eigenvalue weighted by molar-refractivity contribution is 6.07. The SMILES string of the molecule is CC(C)(C)c1ccc(-c2c(-c3ccc(C(C)(C)C)cc3)n(-c3ccc4c(c3)C(C)(C)c3cc(-n5c(-c6ccc(C(C)(C)C)cc6)c(-c6ccc(C(C)(C)C)cc6)c6ccccc65)ccc3-4)c3ccccc23)cc1. The molecule has 0 atom stereocenters. The molecule has 2 nitrogen and oxygen atoms in total. The monoisotopic (exact) mass is 953 g/mol. The molecule has 73 heavy (non-hydrogen) atoms. The van der Waals surface area contributed by atoms with E-state index in [2.05, 4.69) is 288 Å². The van der Waals surface area contributed by atoms with Gasteiger partial charge in [-0.15, -0.1) is 0 Å². The molecule has 10 aromatic rings. The van der Waals surface area contributed by atoms with Gasteiger partial charge >= 0.3 is 0 Å². The number of aromatic nitrogens is 2. The van der Waals surface area contributed by atoms with Gasteiger partial charge in [0.1, 0.15) is 0 Å². The van der Waals surface area contributed by atoms with Crippen molar-refractivity contribution < 1.29 is 0 Å². The van der Waals surface area contributed by atoms with Gasteiger partial charge in [-0.3, -0.25) is 0 Å². The van der Waals surface area contributed by atoms with E-state index in [1.54, 1.807) is 0 Å². The Morgan fingerprint density at radius 1 is 0.315 bits per heavy atom. The van der Waals surface area contributed by atoms with Crippen molar-refractivity contribution in [1.29, 1.82) is 0 Å². The minimum atomic E-state index is -0.289. The summed E-state index contributed by atoms with van der Waals surface area (Å²) in [5, 5.41) is 2.50. The first-order valence-corrected chi connectivity index (χ1v) is 26.5. The minimum Gasteiger partial charge on any atom is -0.309 e. The Hall–Kier alpha value is -7.16. The van der Waals surface area contributed by atoms with Gasteiger partial charge in [0.2, 0.25) is 0 Å². The molecule has 0 saturated carbocycles. The molecule has 0 spiro atoms. The van der Waals surface area contributed by atoms with Crippen molar-refractivity contribution in [3.8, 4) is 67.3 Å². The molecule has 11 rings (SSSR count). The van der Waals surface area contributed by atoms with Crippen LogP contribution >= 0.6 is 0 Å². The third kappa shape index (κ3) is 8.19. The minimum absolute atomic E-state index is 0.0473. The van der Waals surface area contributed by atoms with E-state index in [9.17, 15) is 0 Å². The topological polar surface area (TPSA) is 9.86 Å². The summed E-state index contributed by atoms with van der Waals surface area (Å²) in [6.07, 6.45) is 0. The highest BCUT2D eigenvalue weighted by atomic mass is 15.0. The number of nitrogens with zero attached hydrogens (tertiary/aromatic N) is 2. The lowest BCUT2D eigenvalue weighted by atomic mass is 9.82. The summed E-state index contributed by atoms with van der Waals surface area (Å²) in [5.74, 6) is 0. The van der Waals surface area contributed by atoms with Gasteiger partial charge in [-0.2, -0.15) is 0 Å². The van der Waals surface area contributed by atoms with Gasteiger partial charge in [0, 0.05) is 38.7 Å². The van der Waals surface area contributed by atoms with E-state index in [0.717, 1.165) is 0 Å². The molecule has 2 heteroatoms. The maximum Gasteiger partial charge on any atom is 0.0619 e. The summed E-state index contributed by atoms with van der Waals surface area (Å²) < 4.78 is 5.08. The predicted molar refractivity (Wildman–Crippen MR) is 314 cm³/mol. The maximum atomic E-state index is 2.54. The number of benzene rings is 8. The van der Waals surface area contributed by atoms with Crippen molar-refractivity contribution in [2.24, 2.45) is 0 Å². The van der Waals surface area contributed by atoms with E-state index < -0.39 is 0 Å². The fourth-order valence-electron chi connectivity index (χ4n) is 11.7. The third-order valence-electron chi connectivity index (χ3n) is 16.0. The Balaban J connectivity index is 1.09. The van der Waals surface area contributed by atoms with Gasteiger partial charge in [0.15, 0.2) is 0 Å². The van der Waals surface area contributed by atoms with Gasteiger partial charge in [0.25, 0.3) is 0 Å². The molecular formula is C71H72N2. The quantitative estimate of drug-likeness (QED) is 0.157. The average Bonchev–Trinajstić information content (AvgIpc) is 3.96. The van der Waals surface area contributed by atoms with Crippen LogP contribution in [-0.2, 0) is 27.1 Å². The molecular weight excluding hydrogens is 881 g/mol. The summed E-state index contributed by atoms with van der Waals surface area (Å²) in [7, 11) is 0. The van der Waals surface area contributed by atoms with Gasteiger partial charge in [-0.05, 0) is 125 Å². The summed E-state index contributed by atoms with van der Waals surface area (Å²) >= 11 is 0. The van der Waals surface area contributed by atoms with Crippen molar-refractivity contribution in [3.63, 3.8) is 0 Å². The van der Waals surface area contributed by atoms with Crippen molar-refractivity contribution in [2.45, 2.75) is 124 Å². The maximum absolute atomic E-state index is 2.54. The van der Waals surface area contributed by atoms with Crippen molar-refractivity contribution in [1.82, 2.24) is 9.13 Å². The van der Waals surface area contributed by atoms with Crippen LogP contribution in [0, 0.1) is 0 Å². The number of fused-ring (bicyclic) bond motifs is 5. The number of para-hydroxylation sites is 2. The van der Waals surface area contributed by atoms with Crippen LogP contribution in [0.4, 0.5) is 0 Å². The molecule has 0 unspecified atom stereocenters. The van der Waals surface area contributed by atoms with Crippen LogP contribution in [0.5, 0.6) is 0 Å². The first-order valence-electron chi connectivity index (χ1n) is 26.5. The lowest BCUT2D eigenvalue weighted by Crippen LogP contribution is -2.16. The standard InChI is InChI=1S/C71H72N2/c1-67(2,3)49-31-23-45(24-32-49)63-57-19-15-17-21-61(57)72(65(63)47-27-35-51(36-28-47)69(7,8)9)53-39-41-55-56-42-40-54(44-60(56)71(13,14)59(55)43-53)73-62-22-18-16-20-58(62)64(46-25-33-50(34-26-46)68(4,5)6)66(73)48-29-37-52(38-30-48)70(10,11)12/h15-44H,1-14H3. The summed E-state index contributed by atoms with van der Waals surface area (Å²) in [4.78, 5) is 0. The van der Waals surface area contributed by atoms with E-state index in [1.807, 2.05) is 0 Å². The van der Waals surface area contributed by atoms with Crippen molar-refractivity contribution in [3.05, 3.63) is 215 Å². The molecule has 8 aromatic carbocycles. The molecule has 0 amide bonds. The Morgan fingerprint density at radius 3 is 0.904 bits per heavy atom. The second kappa shape index (κ2) is 17.0. The molecule has 2 heterocycles. The smallest absolute Gasteiger partial charge is 0.0619 e. The predicted octanol–water partition coefficient (Wildman–Crippen LogP) is 19.7. The molecule has 1 aliphatic carbocycles. The highest BCUT2D eigenvalue weighted by Crippen LogP contribution is 2.52. The molecule has 366 valence electrons. The first-order chi connectivity index (χ1) is 34.5. The zero-order valence-electron chi connectivity index (χ0n) is 45.7. The first kappa shape index (κ1) is 48.1. The number of hydrogen-bond acceptors (Lipinski definition) is 0. The van der Waals surface area contributed by atoms with E-state index in [-0.39, 0.29) is 27.1 Å². The fourth-order valence-corrected chi connectivity index (χ4v) is 11.7. The van der Waals surface area contributed by atoms with E-state index >= 15 is 0 Å². The Morgan fingerprint density at radius 2 is 0.603 bits per heavy atom. The Kier molecular flexibility index (Phi) is 11.2. The van der Waals surface area contributed by atoms with E-state index in [4.69, 9.17) is 0 Å². The summed E-state index contributed by atoms with van der Waals surface area (Å²) in [6, 6.07) is 69.8. The van der Waals surface area contributed by atoms with Crippen LogP contribution < -0.4 is 0 Å². The molecule has 0 bridgehead atoms.